The number of para-hydroxylation sites is 1. The summed E-state index contributed by atoms with van der Waals surface area (Å²) < 4.78 is 18.0. The van der Waals surface area contributed by atoms with Gasteiger partial charge < -0.3 is 24.1 Å². The van der Waals surface area contributed by atoms with E-state index in [1.807, 2.05) is 18.3 Å². The highest BCUT2D eigenvalue weighted by Gasteiger charge is 2.16. The number of carbonyl (C=O) groups is 1. The standard InChI is InChI=1S/C20H22N2O4/c1-24-17-12-15(13-18(25-2)19(17)26-3)20(23)21-9-11-22-10-8-14-6-4-5-7-16(14)22/h4-8,10,12-13H,9,11H2,1-3H3,(H,21,23). The van der Waals surface area contributed by atoms with Crippen molar-refractivity contribution >= 4 is 16.8 Å². The predicted octanol–water partition coefficient (Wildman–Crippen LogP) is 3.10. The minimum absolute atomic E-state index is 0.194. The van der Waals surface area contributed by atoms with Crippen LogP contribution in [0.2, 0.25) is 0 Å². The molecule has 1 aromatic heterocycles. The summed E-state index contributed by atoms with van der Waals surface area (Å²) in [6.07, 6.45) is 2.02. The molecular formula is C20H22N2O4. The number of carbonyl (C=O) groups excluding carboxylic acids is 1. The number of hydrogen-bond acceptors (Lipinski definition) is 4. The Balaban J connectivity index is 1.70. The van der Waals surface area contributed by atoms with Gasteiger partial charge in [0.25, 0.3) is 5.91 Å². The van der Waals surface area contributed by atoms with Crippen molar-refractivity contribution < 1.29 is 19.0 Å². The molecular weight excluding hydrogens is 332 g/mol. The van der Waals surface area contributed by atoms with Crippen molar-refractivity contribution in [2.75, 3.05) is 27.9 Å². The smallest absolute Gasteiger partial charge is 0.251 e. The van der Waals surface area contributed by atoms with Crippen LogP contribution in [0.1, 0.15) is 10.4 Å². The molecule has 0 aliphatic rings. The maximum absolute atomic E-state index is 12.5. The van der Waals surface area contributed by atoms with Crippen LogP contribution in [0, 0.1) is 0 Å². The molecule has 0 bridgehead atoms. The van der Waals surface area contributed by atoms with E-state index in [0.717, 1.165) is 5.52 Å². The van der Waals surface area contributed by atoms with E-state index >= 15 is 0 Å². The maximum Gasteiger partial charge on any atom is 0.251 e. The number of hydrogen-bond donors (Lipinski definition) is 1. The Morgan fingerprint density at radius 2 is 1.69 bits per heavy atom. The van der Waals surface area contributed by atoms with Crippen molar-refractivity contribution in [1.82, 2.24) is 9.88 Å². The largest absolute Gasteiger partial charge is 0.493 e. The van der Waals surface area contributed by atoms with Crippen LogP contribution in [0.15, 0.2) is 48.7 Å². The van der Waals surface area contributed by atoms with E-state index in [0.29, 0.717) is 35.9 Å². The van der Waals surface area contributed by atoms with E-state index in [4.69, 9.17) is 14.2 Å². The molecule has 6 heteroatoms. The molecule has 3 aromatic rings. The lowest BCUT2D eigenvalue weighted by molar-refractivity contribution is 0.0951. The van der Waals surface area contributed by atoms with Gasteiger partial charge in [-0.15, -0.1) is 0 Å². The lowest BCUT2D eigenvalue weighted by atomic mass is 10.1. The number of benzene rings is 2. The van der Waals surface area contributed by atoms with Crippen LogP contribution >= 0.6 is 0 Å². The van der Waals surface area contributed by atoms with Crippen molar-refractivity contribution in [2.24, 2.45) is 0 Å². The molecule has 0 atom stereocenters. The van der Waals surface area contributed by atoms with E-state index in [-0.39, 0.29) is 5.91 Å². The Morgan fingerprint density at radius 1 is 1.00 bits per heavy atom. The third-order valence-electron chi connectivity index (χ3n) is 4.25. The first kappa shape index (κ1) is 17.7. The third kappa shape index (κ3) is 3.44. The lowest BCUT2D eigenvalue weighted by Crippen LogP contribution is -2.27. The Bertz CT molecular complexity index is 892. The van der Waals surface area contributed by atoms with E-state index in [9.17, 15) is 4.79 Å². The van der Waals surface area contributed by atoms with Crippen LogP contribution in [-0.2, 0) is 6.54 Å². The van der Waals surface area contributed by atoms with E-state index in [2.05, 4.69) is 28.1 Å². The summed E-state index contributed by atoms with van der Waals surface area (Å²) in [7, 11) is 4.58. The van der Waals surface area contributed by atoms with Gasteiger partial charge in [-0.1, -0.05) is 18.2 Å². The summed E-state index contributed by atoms with van der Waals surface area (Å²) in [6, 6.07) is 13.5. The third-order valence-corrected chi connectivity index (χ3v) is 4.25. The van der Waals surface area contributed by atoms with Gasteiger partial charge in [-0.2, -0.15) is 0 Å². The van der Waals surface area contributed by atoms with Crippen LogP contribution in [0.4, 0.5) is 0 Å². The fourth-order valence-corrected chi connectivity index (χ4v) is 2.94. The number of methoxy groups -OCH3 is 3. The van der Waals surface area contributed by atoms with E-state index in [1.54, 1.807) is 12.1 Å². The van der Waals surface area contributed by atoms with Crippen molar-refractivity contribution in [3.05, 3.63) is 54.2 Å². The molecule has 0 saturated heterocycles. The highest BCUT2D eigenvalue weighted by atomic mass is 16.5. The van der Waals surface area contributed by atoms with Gasteiger partial charge in [0.1, 0.15) is 0 Å². The zero-order chi connectivity index (χ0) is 18.5. The van der Waals surface area contributed by atoms with Crippen LogP contribution in [0.3, 0.4) is 0 Å². The van der Waals surface area contributed by atoms with Crippen LogP contribution in [-0.4, -0.2) is 38.3 Å². The Labute approximate surface area is 152 Å². The van der Waals surface area contributed by atoms with Gasteiger partial charge in [0, 0.05) is 30.4 Å². The fourth-order valence-electron chi connectivity index (χ4n) is 2.94. The van der Waals surface area contributed by atoms with Gasteiger partial charge >= 0.3 is 0 Å². The predicted molar refractivity (Wildman–Crippen MR) is 100 cm³/mol. The van der Waals surface area contributed by atoms with Crippen molar-refractivity contribution in [3.63, 3.8) is 0 Å². The first-order valence-electron chi connectivity index (χ1n) is 8.30. The van der Waals surface area contributed by atoms with E-state index in [1.165, 1.54) is 26.7 Å². The molecule has 0 fully saturated rings. The molecule has 6 nitrogen and oxygen atoms in total. The molecule has 136 valence electrons. The SMILES string of the molecule is COc1cc(C(=O)NCCn2ccc3ccccc32)cc(OC)c1OC. The molecule has 26 heavy (non-hydrogen) atoms. The van der Waals surface area contributed by atoms with Gasteiger partial charge in [0.15, 0.2) is 11.5 Å². The summed E-state index contributed by atoms with van der Waals surface area (Å²) >= 11 is 0. The summed E-state index contributed by atoms with van der Waals surface area (Å²) in [5.74, 6) is 1.17. The van der Waals surface area contributed by atoms with Gasteiger partial charge in [-0.25, -0.2) is 0 Å². The second-order valence-corrected chi connectivity index (χ2v) is 5.74. The number of ether oxygens (including phenoxy) is 3. The highest BCUT2D eigenvalue weighted by Crippen LogP contribution is 2.38. The summed E-state index contributed by atoms with van der Waals surface area (Å²) in [6.45, 7) is 1.19. The van der Waals surface area contributed by atoms with Gasteiger partial charge in [0.05, 0.1) is 21.3 Å². The Morgan fingerprint density at radius 3 is 2.35 bits per heavy atom. The monoisotopic (exact) mass is 354 g/mol. The number of nitrogens with one attached hydrogen (secondary N) is 1. The molecule has 3 rings (SSSR count). The van der Waals surface area contributed by atoms with Crippen LogP contribution in [0.25, 0.3) is 10.9 Å². The summed E-state index contributed by atoms with van der Waals surface area (Å²) in [4.78, 5) is 12.5. The Hall–Kier alpha value is -3.15. The number of aromatic nitrogens is 1. The van der Waals surface area contributed by atoms with Crippen molar-refractivity contribution in [2.45, 2.75) is 6.54 Å². The molecule has 1 N–H and O–H groups in total. The minimum atomic E-state index is -0.194. The maximum atomic E-state index is 12.5. The number of nitrogens with zero attached hydrogens (tertiary/aromatic N) is 1. The number of amides is 1. The van der Waals surface area contributed by atoms with E-state index < -0.39 is 0 Å². The zero-order valence-corrected chi connectivity index (χ0v) is 15.1. The summed E-state index contributed by atoms with van der Waals surface area (Å²) in [5.41, 5.74) is 1.60. The number of rotatable bonds is 7. The molecule has 0 aliphatic carbocycles. The van der Waals surface area contributed by atoms with Gasteiger partial charge in [-0.05, 0) is 29.7 Å². The Kier molecular flexibility index (Phi) is 5.31. The highest BCUT2D eigenvalue weighted by molar-refractivity contribution is 5.95. The average molecular weight is 354 g/mol. The topological polar surface area (TPSA) is 61.7 Å². The molecule has 1 heterocycles. The normalized spacial score (nSPS) is 10.6. The lowest BCUT2D eigenvalue weighted by Gasteiger charge is -2.14. The molecule has 0 saturated carbocycles. The van der Waals surface area contributed by atoms with Gasteiger partial charge in [0.2, 0.25) is 5.75 Å². The molecule has 0 aliphatic heterocycles. The molecule has 0 spiro atoms. The average Bonchev–Trinajstić information content (AvgIpc) is 3.09. The van der Waals surface area contributed by atoms with Crippen molar-refractivity contribution in [3.8, 4) is 17.2 Å². The molecule has 2 aromatic carbocycles. The molecule has 0 unspecified atom stereocenters. The second kappa shape index (κ2) is 7.82. The van der Waals surface area contributed by atoms with Crippen molar-refractivity contribution in [1.29, 1.82) is 0 Å². The summed E-state index contributed by atoms with van der Waals surface area (Å²) in [5, 5.41) is 4.11. The fraction of sp³-hybridized carbons (Fsp3) is 0.250. The quantitative estimate of drug-likeness (QED) is 0.708. The zero-order valence-electron chi connectivity index (χ0n) is 15.1. The minimum Gasteiger partial charge on any atom is -0.493 e. The molecule has 0 radical (unpaired) electrons. The van der Waals surface area contributed by atoms with Gasteiger partial charge in [-0.3, -0.25) is 4.79 Å². The number of fused-ring (bicyclic) bond motifs is 1. The first-order valence-corrected chi connectivity index (χ1v) is 8.30. The second-order valence-electron chi connectivity index (χ2n) is 5.74. The van der Waals surface area contributed by atoms with Crippen LogP contribution < -0.4 is 19.5 Å². The first-order chi connectivity index (χ1) is 12.7. The molecule has 1 amide bonds. The van der Waals surface area contributed by atoms with Crippen LogP contribution in [0.5, 0.6) is 17.2 Å².